The molecule has 0 spiro atoms. The molecule has 4 heterocycles. The minimum Gasteiger partial charge on any atom is -0.619 e. The first kappa shape index (κ1) is 38.6. The maximum absolute atomic E-state index is 14.0. The van der Waals surface area contributed by atoms with Gasteiger partial charge < -0.3 is 29.1 Å². The van der Waals surface area contributed by atoms with Crippen molar-refractivity contribution >= 4 is 40.8 Å². The van der Waals surface area contributed by atoms with Crippen LogP contribution in [0.2, 0.25) is 10.0 Å². The summed E-state index contributed by atoms with van der Waals surface area (Å²) in [6.45, 7) is -0.0210. The number of anilines is 1. The van der Waals surface area contributed by atoms with E-state index in [2.05, 4.69) is 4.90 Å². The number of nitrogens with zero attached hydrogens (tertiary/aromatic N) is 3. The summed E-state index contributed by atoms with van der Waals surface area (Å²) in [5.41, 5.74) is 2.20. The van der Waals surface area contributed by atoms with Crippen LogP contribution in [0.3, 0.4) is 0 Å². The highest BCUT2D eigenvalue weighted by molar-refractivity contribution is 6.35. The van der Waals surface area contributed by atoms with E-state index < -0.39 is 24.7 Å². The second kappa shape index (κ2) is 17.0. The van der Waals surface area contributed by atoms with Crippen molar-refractivity contribution in [3.8, 4) is 11.5 Å². The quantitative estimate of drug-likeness (QED) is 0.0673. The molecular formula is C41H41Cl2F2N3O7. The molecule has 2 bridgehead atoms. The number of carbonyl (C=O) groups excluding carboxylic acids is 2. The van der Waals surface area contributed by atoms with Gasteiger partial charge in [-0.05, 0) is 92.1 Å². The van der Waals surface area contributed by atoms with E-state index in [1.165, 1.54) is 18.2 Å². The number of rotatable bonds is 15. The van der Waals surface area contributed by atoms with Crippen LogP contribution >= 0.6 is 23.2 Å². The van der Waals surface area contributed by atoms with Crippen LogP contribution in [-0.4, -0.2) is 62.8 Å². The molecule has 3 atom stereocenters. The molecule has 2 unspecified atom stereocenters. The zero-order chi connectivity index (χ0) is 38.6. The van der Waals surface area contributed by atoms with Gasteiger partial charge in [0.05, 0.1) is 12.2 Å². The summed E-state index contributed by atoms with van der Waals surface area (Å²) in [6.07, 6.45) is 4.89. The molecule has 1 aliphatic carbocycles. The van der Waals surface area contributed by atoms with Gasteiger partial charge in [0.15, 0.2) is 29.9 Å². The summed E-state index contributed by atoms with van der Waals surface area (Å²) in [4.78, 5) is 32.1. The third-order valence-electron chi connectivity index (χ3n) is 10.5. The number of halogens is 4. The molecule has 3 aromatic carbocycles. The molecular weight excluding hydrogens is 755 g/mol. The number of alkyl halides is 2. The minimum absolute atomic E-state index is 0.0483. The Morgan fingerprint density at radius 3 is 2.31 bits per heavy atom. The number of hydrogen-bond acceptors (Lipinski definition) is 9. The van der Waals surface area contributed by atoms with E-state index in [1.807, 2.05) is 30.3 Å². The number of pyridine rings is 1. The lowest BCUT2D eigenvalue weighted by atomic mass is 9.86. The molecule has 0 radical (unpaired) electrons. The largest absolute Gasteiger partial charge is 0.619 e. The Bertz CT molecular complexity index is 1970. The third kappa shape index (κ3) is 9.42. The van der Waals surface area contributed by atoms with Gasteiger partial charge >= 0.3 is 18.6 Å². The molecule has 55 heavy (non-hydrogen) atoms. The van der Waals surface area contributed by atoms with Gasteiger partial charge in [-0.3, -0.25) is 4.90 Å². The summed E-state index contributed by atoms with van der Waals surface area (Å²) < 4.78 is 50.1. The molecule has 10 nitrogen and oxygen atoms in total. The van der Waals surface area contributed by atoms with Crippen molar-refractivity contribution in [3.05, 3.63) is 123 Å². The van der Waals surface area contributed by atoms with E-state index >= 15 is 0 Å². The van der Waals surface area contributed by atoms with Crippen molar-refractivity contribution in [2.75, 3.05) is 38.2 Å². The van der Waals surface area contributed by atoms with Crippen LogP contribution in [0.25, 0.3) is 0 Å². The van der Waals surface area contributed by atoms with Crippen molar-refractivity contribution < 1.29 is 42.0 Å². The zero-order valence-corrected chi connectivity index (χ0v) is 31.6. The SMILES string of the molecule is CN(c1cccc(C(=O)OC(Cc2c(Cl)c[n+]([O-])cc2Cl)c2ccc(OC(F)F)c(OCC3CC3)c2)c1)C(C(=O)O[C@H]1CN2CCC1CC2)c1ccccc1. The highest BCUT2D eigenvalue weighted by Crippen LogP contribution is 2.39. The van der Waals surface area contributed by atoms with Gasteiger partial charge in [0.25, 0.3) is 0 Å². The number of aromatic nitrogens is 1. The first-order valence-corrected chi connectivity index (χ1v) is 19.1. The van der Waals surface area contributed by atoms with Crippen molar-refractivity contribution in [2.45, 2.75) is 57.0 Å². The average Bonchev–Trinajstić information content (AvgIpc) is 4.01. The number of ether oxygens (including phenoxy) is 4. The fourth-order valence-corrected chi connectivity index (χ4v) is 7.87. The number of hydrogen-bond donors (Lipinski definition) is 0. The molecule has 4 aliphatic rings. The molecule has 1 saturated carbocycles. The fraction of sp³-hybridized carbons (Fsp3) is 0.390. The highest BCUT2D eigenvalue weighted by Gasteiger charge is 2.39. The Morgan fingerprint density at radius 1 is 0.927 bits per heavy atom. The van der Waals surface area contributed by atoms with Gasteiger partial charge in [0.1, 0.15) is 22.3 Å². The van der Waals surface area contributed by atoms with Crippen LogP contribution in [0.4, 0.5) is 14.5 Å². The summed E-state index contributed by atoms with van der Waals surface area (Å²) in [6, 6.07) is 19.6. The molecule has 4 fully saturated rings. The summed E-state index contributed by atoms with van der Waals surface area (Å²) in [5.74, 6) is -0.557. The van der Waals surface area contributed by atoms with Crippen molar-refractivity contribution in [1.29, 1.82) is 0 Å². The molecule has 8 rings (SSSR count). The summed E-state index contributed by atoms with van der Waals surface area (Å²) in [7, 11) is 1.77. The van der Waals surface area contributed by atoms with Crippen molar-refractivity contribution in [1.82, 2.24) is 4.90 Å². The number of fused-ring (bicyclic) bond motifs is 3. The van der Waals surface area contributed by atoms with Crippen LogP contribution in [0, 0.1) is 17.0 Å². The van der Waals surface area contributed by atoms with E-state index in [9.17, 15) is 23.6 Å². The van der Waals surface area contributed by atoms with Gasteiger partial charge in [-0.1, -0.05) is 65.7 Å². The minimum atomic E-state index is -3.09. The smallest absolute Gasteiger partial charge is 0.387 e. The van der Waals surface area contributed by atoms with Crippen LogP contribution in [0.15, 0.2) is 85.2 Å². The molecule has 4 aromatic rings. The van der Waals surface area contributed by atoms with E-state index in [0.717, 1.165) is 63.3 Å². The lowest BCUT2D eigenvalue weighted by molar-refractivity contribution is -0.605. The van der Waals surface area contributed by atoms with E-state index in [0.29, 0.717) is 40.0 Å². The van der Waals surface area contributed by atoms with Crippen LogP contribution in [-0.2, 0) is 20.7 Å². The Balaban J connectivity index is 1.16. The number of carbonyl (C=O) groups is 2. The molecule has 14 heteroatoms. The highest BCUT2D eigenvalue weighted by atomic mass is 35.5. The molecule has 3 saturated heterocycles. The van der Waals surface area contributed by atoms with E-state index in [-0.39, 0.29) is 45.6 Å². The van der Waals surface area contributed by atoms with Crippen molar-refractivity contribution in [3.63, 3.8) is 0 Å². The fourth-order valence-electron chi connectivity index (χ4n) is 7.27. The molecule has 0 amide bonds. The number of likely N-dealkylation sites (N-methyl/N-ethyl adjacent to an activating group) is 1. The topological polar surface area (TPSA) is 104 Å². The maximum atomic E-state index is 14.0. The predicted molar refractivity (Wildman–Crippen MR) is 202 cm³/mol. The van der Waals surface area contributed by atoms with Crippen LogP contribution in [0.5, 0.6) is 11.5 Å². The standard InChI is InChI=1S/C41H41Cl2F2N3O7/c1-46(38(27-6-3-2-4-7-27)40(50)54-37-23-47-16-14-26(37)15-17-47)30-9-5-8-29(18-30)39(49)53-35(20-31-32(42)21-48(51)22-33(31)43)28-12-13-34(55-41(44)45)36(19-28)52-24-25-10-11-25/h2-9,12-13,18-19,21-22,25-26,35,37-38,41H,10-11,14-17,20,23-24H2,1H3/t35?,37-,38?/m0/s1. The molecule has 1 aromatic heterocycles. The number of benzene rings is 3. The van der Waals surface area contributed by atoms with E-state index in [1.54, 1.807) is 36.2 Å². The Kier molecular flexibility index (Phi) is 11.9. The molecule has 0 N–H and O–H groups in total. The van der Waals surface area contributed by atoms with Gasteiger partial charge in [-0.15, -0.1) is 0 Å². The maximum Gasteiger partial charge on any atom is 0.387 e. The monoisotopic (exact) mass is 795 g/mol. The molecule has 3 aliphatic heterocycles. The predicted octanol–water partition coefficient (Wildman–Crippen LogP) is 7.97. The summed E-state index contributed by atoms with van der Waals surface area (Å²) >= 11 is 12.9. The zero-order valence-electron chi connectivity index (χ0n) is 30.1. The normalized spacial score (nSPS) is 20.1. The Labute approximate surface area is 328 Å². The number of piperidine rings is 3. The van der Waals surface area contributed by atoms with Crippen molar-refractivity contribution in [2.24, 2.45) is 11.8 Å². The van der Waals surface area contributed by atoms with Crippen LogP contribution in [0.1, 0.15) is 64.9 Å². The van der Waals surface area contributed by atoms with E-state index in [4.69, 9.17) is 42.1 Å². The molecule has 290 valence electrons. The number of esters is 2. The van der Waals surface area contributed by atoms with Gasteiger partial charge in [0, 0.05) is 31.3 Å². The van der Waals surface area contributed by atoms with Gasteiger partial charge in [0.2, 0.25) is 0 Å². The second-order valence-electron chi connectivity index (χ2n) is 14.3. The first-order chi connectivity index (χ1) is 26.5. The van der Waals surface area contributed by atoms with Gasteiger partial charge in [-0.2, -0.15) is 13.5 Å². The Hall–Kier alpha value is -4.65. The second-order valence-corrected chi connectivity index (χ2v) is 15.1. The lowest BCUT2D eigenvalue weighted by Gasteiger charge is -2.44. The first-order valence-electron chi connectivity index (χ1n) is 18.3. The summed E-state index contributed by atoms with van der Waals surface area (Å²) in [5, 5.41) is 12.1. The lowest BCUT2D eigenvalue weighted by Crippen LogP contribution is -2.52. The average molecular weight is 797 g/mol. The van der Waals surface area contributed by atoms with Gasteiger partial charge in [-0.25, -0.2) is 9.59 Å². The van der Waals surface area contributed by atoms with Crippen LogP contribution < -0.4 is 19.1 Å². The Morgan fingerprint density at radius 2 is 1.65 bits per heavy atom. The third-order valence-corrected chi connectivity index (χ3v) is 11.2.